The topological polar surface area (TPSA) is 41.1 Å². The van der Waals surface area contributed by atoms with Crippen molar-refractivity contribution >= 4 is 46.4 Å². The number of para-hydroxylation sites is 1. The van der Waals surface area contributed by atoms with Crippen LogP contribution in [-0.2, 0) is 0 Å². The van der Waals surface area contributed by atoms with E-state index in [1.807, 2.05) is 31.2 Å². The van der Waals surface area contributed by atoms with Crippen LogP contribution >= 0.6 is 34.8 Å². The van der Waals surface area contributed by atoms with Gasteiger partial charge in [-0.3, -0.25) is 4.79 Å². The number of aryl methyl sites for hydroxylation is 1. The van der Waals surface area contributed by atoms with E-state index in [2.05, 4.69) is 10.6 Å². The van der Waals surface area contributed by atoms with Crippen molar-refractivity contribution in [2.45, 2.75) is 16.9 Å². The van der Waals surface area contributed by atoms with Gasteiger partial charge in [-0.05, 0) is 42.8 Å². The summed E-state index contributed by atoms with van der Waals surface area (Å²) in [5, 5.41) is 5.60. The van der Waals surface area contributed by atoms with E-state index in [9.17, 15) is 9.18 Å². The van der Waals surface area contributed by atoms with Gasteiger partial charge in [0.05, 0.1) is 0 Å². The zero-order valence-corrected chi connectivity index (χ0v) is 14.4. The molecule has 0 spiro atoms. The maximum absolute atomic E-state index is 12.9. The lowest BCUT2D eigenvalue weighted by molar-refractivity contribution is 0.0942. The van der Waals surface area contributed by atoms with Gasteiger partial charge in [-0.2, -0.15) is 0 Å². The Morgan fingerprint density at radius 2 is 1.70 bits per heavy atom. The van der Waals surface area contributed by atoms with Gasteiger partial charge in [0.1, 0.15) is 12.0 Å². The Labute approximate surface area is 148 Å². The van der Waals surface area contributed by atoms with Gasteiger partial charge in [-0.1, -0.05) is 53.0 Å². The highest BCUT2D eigenvalue weighted by Crippen LogP contribution is 2.31. The summed E-state index contributed by atoms with van der Waals surface area (Å²) >= 11 is 17.9. The van der Waals surface area contributed by atoms with Crippen molar-refractivity contribution in [1.82, 2.24) is 5.32 Å². The molecule has 2 rings (SSSR count). The van der Waals surface area contributed by atoms with Crippen LogP contribution in [0.3, 0.4) is 0 Å². The zero-order valence-electron chi connectivity index (χ0n) is 12.1. The highest BCUT2D eigenvalue weighted by molar-refractivity contribution is 6.68. The van der Waals surface area contributed by atoms with Crippen molar-refractivity contribution in [1.29, 1.82) is 0 Å². The van der Waals surface area contributed by atoms with E-state index in [1.165, 1.54) is 24.3 Å². The van der Waals surface area contributed by atoms with Crippen LogP contribution in [-0.4, -0.2) is 15.9 Å². The van der Waals surface area contributed by atoms with Crippen molar-refractivity contribution in [3.63, 3.8) is 0 Å². The summed E-state index contributed by atoms with van der Waals surface area (Å²) < 4.78 is 11.1. The molecule has 0 aliphatic heterocycles. The number of alkyl halides is 3. The molecule has 0 heterocycles. The average Bonchev–Trinajstić information content (AvgIpc) is 2.48. The van der Waals surface area contributed by atoms with Gasteiger partial charge < -0.3 is 10.6 Å². The lowest BCUT2D eigenvalue weighted by Crippen LogP contribution is -2.49. The zero-order chi connectivity index (χ0) is 17.0. The Kier molecular flexibility index (Phi) is 5.74. The van der Waals surface area contributed by atoms with Crippen LogP contribution in [0.5, 0.6) is 0 Å². The predicted octanol–water partition coefficient (Wildman–Crippen LogP) is 4.67. The molecule has 2 aromatic rings. The number of benzene rings is 2. The first-order valence-electron chi connectivity index (χ1n) is 6.72. The first kappa shape index (κ1) is 17.9. The molecular formula is C16H14Cl3FN2O. The molecule has 0 fully saturated rings. The molecule has 23 heavy (non-hydrogen) atoms. The van der Waals surface area contributed by atoms with E-state index in [-0.39, 0.29) is 5.56 Å². The molecule has 0 saturated heterocycles. The molecule has 0 bridgehead atoms. The summed E-state index contributed by atoms with van der Waals surface area (Å²) in [6, 6.07) is 12.5. The molecule has 0 radical (unpaired) electrons. The third kappa shape index (κ3) is 4.99. The summed E-state index contributed by atoms with van der Waals surface area (Å²) in [6.45, 7) is 1.89. The van der Waals surface area contributed by atoms with Crippen molar-refractivity contribution in [2.24, 2.45) is 0 Å². The number of hydrogen-bond donors (Lipinski definition) is 2. The fraction of sp³-hybridized carbons (Fsp3) is 0.188. The van der Waals surface area contributed by atoms with Crippen molar-refractivity contribution < 1.29 is 9.18 Å². The van der Waals surface area contributed by atoms with E-state index in [4.69, 9.17) is 34.8 Å². The number of nitrogens with one attached hydrogen (secondary N) is 2. The minimum absolute atomic E-state index is 0.261. The van der Waals surface area contributed by atoms with Crippen LogP contribution in [0.1, 0.15) is 15.9 Å². The highest BCUT2D eigenvalue weighted by Gasteiger charge is 2.34. The van der Waals surface area contributed by atoms with E-state index in [0.29, 0.717) is 0 Å². The SMILES string of the molecule is Cc1ccccc1NC(NC(=O)c1ccc(F)cc1)C(Cl)(Cl)Cl. The Bertz CT molecular complexity index is 686. The van der Waals surface area contributed by atoms with Crippen molar-refractivity contribution in [3.8, 4) is 0 Å². The van der Waals surface area contributed by atoms with E-state index < -0.39 is 21.7 Å². The molecule has 0 aliphatic carbocycles. The second-order valence-corrected chi connectivity index (χ2v) is 7.28. The molecule has 0 saturated carbocycles. The molecule has 0 aromatic heterocycles. The Morgan fingerprint density at radius 1 is 1.09 bits per heavy atom. The predicted molar refractivity (Wildman–Crippen MR) is 92.7 cm³/mol. The number of rotatable bonds is 4. The minimum Gasteiger partial charge on any atom is -0.362 e. The number of amides is 1. The van der Waals surface area contributed by atoms with Crippen LogP contribution in [0.15, 0.2) is 48.5 Å². The molecule has 3 nitrogen and oxygen atoms in total. The van der Waals surface area contributed by atoms with Crippen LogP contribution in [0.2, 0.25) is 0 Å². The average molecular weight is 376 g/mol. The van der Waals surface area contributed by atoms with E-state index in [0.717, 1.165) is 11.3 Å². The second kappa shape index (κ2) is 7.39. The molecule has 1 atom stereocenters. The van der Waals surface area contributed by atoms with Gasteiger partial charge >= 0.3 is 0 Å². The number of carbonyl (C=O) groups excluding carboxylic acids is 1. The fourth-order valence-corrected chi connectivity index (χ4v) is 2.23. The van der Waals surface area contributed by atoms with Gasteiger partial charge in [0, 0.05) is 11.3 Å². The highest BCUT2D eigenvalue weighted by atomic mass is 35.6. The lowest BCUT2D eigenvalue weighted by Gasteiger charge is -2.28. The van der Waals surface area contributed by atoms with Gasteiger partial charge in [-0.25, -0.2) is 4.39 Å². The minimum atomic E-state index is -1.78. The summed E-state index contributed by atoms with van der Waals surface area (Å²) in [5.41, 5.74) is 1.92. The molecule has 122 valence electrons. The number of hydrogen-bond acceptors (Lipinski definition) is 2. The maximum Gasteiger partial charge on any atom is 0.252 e. The fourth-order valence-electron chi connectivity index (χ4n) is 1.91. The summed E-state index contributed by atoms with van der Waals surface area (Å²) in [6.07, 6.45) is -0.967. The molecule has 7 heteroatoms. The van der Waals surface area contributed by atoms with E-state index in [1.54, 1.807) is 0 Å². The first-order valence-corrected chi connectivity index (χ1v) is 7.86. The standard InChI is InChI=1S/C16H14Cl3FN2O/c1-10-4-2-3-5-13(10)21-15(16(17,18)19)22-14(23)11-6-8-12(20)9-7-11/h2-9,15,21H,1H3,(H,22,23). The molecule has 0 aliphatic rings. The third-order valence-electron chi connectivity index (χ3n) is 3.15. The molecule has 2 N–H and O–H groups in total. The quantitative estimate of drug-likeness (QED) is 0.602. The Morgan fingerprint density at radius 3 is 2.26 bits per heavy atom. The Balaban J connectivity index is 2.18. The van der Waals surface area contributed by atoms with Crippen molar-refractivity contribution in [2.75, 3.05) is 5.32 Å². The van der Waals surface area contributed by atoms with Crippen LogP contribution in [0.4, 0.5) is 10.1 Å². The normalized spacial score (nSPS) is 12.6. The maximum atomic E-state index is 12.9. The van der Waals surface area contributed by atoms with Crippen LogP contribution in [0.25, 0.3) is 0 Å². The number of carbonyl (C=O) groups is 1. The first-order chi connectivity index (χ1) is 10.8. The summed E-state index contributed by atoms with van der Waals surface area (Å²) in [7, 11) is 0. The van der Waals surface area contributed by atoms with Gasteiger partial charge in [0.15, 0.2) is 0 Å². The van der Waals surface area contributed by atoms with Gasteiger partial charge in [-0.15, -0.1) is 0 Å². The number of anilines is 1. The Hall–Kier alpha value is -1.49. The molecule has 1 unspecified atom stereocenters. The van der Waals surface area contributed by atoms with Crippen LogP contribution < -0.4 is 10.6 Å². The molecule has 1 amide bonds. The number of halogens is 4. The largest absolute Gasteiger partial charge is 0.362 e. The smallest absolute Gasteiger partial charge is 0.252 e. The molecule has 2 aromatic carbocycles. The monoisotopic (exact) mass is 374 g/mol. The lowest BCUT2D eigenvalue weighted by atomic mass is 10.2. The summed E-state index contributed by atoms with van der Waals surface area (Å²) in [5.74, 6) is -0.917. The van der Waals surface area contributed by atoms with Crippen molar-refractivity contribution in [3.05, 3.63) is 65.5 Å². The summed E-state index contributed by atoms with van der Waals surface area (Å²) in [4.78, 5) is 12.2. The molecular weight excluding hydrogens is 362 g/mol. The van der Waals surface area contributed by atoms with Gasteiger partial charge in [0.2, 0.25) is 3.79 Å². The van der Waals surface area contributed by atoms with Gasteiger partial charge in [0.25, 0.3) is 5.91 Å². The van der Waals surface area contributed by atoms with E-state index >= 15 is 0 Å². The second-order valence-electron chi connectivity index (χ2n) is 4.91. The third-order valence-corrected chi connectivity index (χ3v) is 3.81. The van der Waals surface area contributed by atoms with Crippen LogP contribution in [0, 0.1) is 12.7 Å².